The van der Waals surface area contributed by atoms with Gasteiger partial charge in [-0.05, 0) is 11.6 Å². The SMILES string of the molecule is O=C(Cl)c1c(F)ncc(O)c1C(F)F. The summed E-state index contributed by atoms with van der Waals surface area (Å²) in [5.41, 5.74) is -2.24. The quantitative estimate of drug-likeness (QED) is 0.620. The van der Waals surface area contributed by atoms with Crippen molar-refractivity contribution >= 4 is 16.8 Å². The van der Waals surface area contributed by atoms with Crippen LogP contribution in [0.1, 0.15) is 22.3 Å². The van der Waals surface area contributed by atoms with Crippen molar-refractivity contribution in [2.45, 2.75) is 6.43 Å². The number of aromatic hydroxyl groups is 1. The summed E-state index contributed by atoms with van der Waals surface area (Å²) in [4.78, 5) is 13.5. The number of pyridine rings is 1. The Hall–Kier alpha value is -1.30. The molecule has 0 fully saturated rings. The molecule has 1 rings (SSSR count). The molecule has 0 spiro atoms. The van der Waals surface area contributed by atoms with Crippen molar-refractivity contribution in [3.05, 3.63) is 23.3 Å². The predicted molar refractivity (Wildman–Crippen MR) is 41.0 cm³/mol. The highest BCUT2D eigenvalue weighted by Gasteiger charge is 2.26. The van der Waals surface area contributed by atoms with E-state index in [1.54, 1.807) is 0 Å². The molecule has 0 saturated heterocycles. The molecule has 0 aliphatic rings. The van der Waals surface area contributed by atoms with Crippen molar-refractivity contribution in [1.82, 2.24) is 4.98 Å². The van der Waals surface area contributed by atoms with Crippen LogP contribution in [0, 0.1) is 5.95 Å². The summed E-state index contributed by atoms with van der Waals surface area (Å²) in [6.07, 6.45) is -2.72. The highest BCUT2D eigenvalue weighted by Crippen LogP contribution is 2.32. The first-order valence-corrected chi connectivity index (χ1v) is 3.68. The van der Waals surface area contributed by atoms with Crippen molar-refractivity contribution in [2.24, 2.45) is 0 Å². The van der Waals surface area contributed by atoms with E-state index < -0.39 is 34.5 Å². The number of carbonyl (C=O) groups excluding carboxylic acids is 1. The van der Waals surface area contributed by atoms with Crippen LogP contribution in [0.4, 0.5) is 13.2 Å². The van der Waals surface area contributed by atoms with Crippen molar-refractivity contribution in [3.8, 4) is 5.75 Å². The topological polar surface area (TPSA) is 50.2 Å². The van der Waals surface area contributed by atoms with Gasteiger partial charge in [-0.1, -0.05) is 0 Å². The molecular formula is C7H3ClF3NO2. The van der Waals surface area contributed by atoms with E-state index in [1.165, 1.54) is 0 Å². The van der Waals surface area contributed by atoms with Crippen molar-refractivity contribution in [1.29, 1.82) is 0 Å². The second-order valence-electron chi connectivity index (χ2n) is 2.30. The van der Waals surface area contributed by atoms with E-state index in [9.17, 15) is 18.0 Å². The molecule has 1 aromatic rings. The third-order valence-electron chi connectivity index (χ3n) is 1.47. The van der Waals surface area contributed by atoms with Gasteiger partial charge in [0.15, 0.2) is 0 Å². The molecule has 0 atom stereocenters. The fraction of sp³-hybridized carbons (Fsp3) is 0.143. The number of aromatic nitrogens is 1. The summed E-state index contributed by atoms with van der Waals surface area (Å²) in [6, 6.07) is 0. The van der Waals surface area contributed by atoms with Gasteiger partial charge in [-0.15, -0.1) is 0 Å². The minimum Gasteiger partial charge on any atom is -0.506 e. The average molecular weight is 226 g/mol. The zero-order valence-electron chi connectivity index (χ0n) is 6.47. The van der Waals surface area contributed by atoms with E-state index >= 15 is 0 Å². The number of rotatable bonds is 2. The summed E-state index contributed by atoms with van der Waals surface area (Å²) in [7, 11) is 0. The van der Waals surface area contributed by atoms with Gasteiger partial charge in [0.05, 0.1) is 11.8 Å². The molecule has 14 heavy (non-hydrogen) atoms. The second kappa shape index (κ2) is 3.83. The van der Waals surface area contributed by atoms with Crippen molar-refractivity contribution in [3.63, 3.8) is 0 Å². The van der Waals surface area contributed by atoms with E-state index in [2.05, 4.69) is 4.98 Å². The minimum atomic E-state index is -3.20. The molecule has 1 N–H and O–H groups in total. The molecule has 0 aliphatic heterocycles. The van der Waals surface area contributed by atoms with Crippen LogP contribution in [0.5, 0.6) is 5.75 Å². The number of carbonyl (C=O) groups is 1. The number of hydrogen-bond donors (Lipinski definition) is 1. The smallest absolute Gasteiger partial charge is 0.268 e. The average Bonchev–Trinajstić information content (AvgIpc) is 2.07. The maximum atomic E-state index is 12.8. The van der Waals surface area contributed by atoms with Crippen LogP contribution in [0.3, 0.4) is 0 Å². The molecule has 0 aliphatic carbocycles. The van der Waals surface area contributed by atoms with Gasteiger partial charge in [-0.25, -0.2) is 13.8 Å². The van der Waals surface area contributed by atoms with Gasteiger partial charge in [0.1, 0.15) is 11.3 Å². The normalized spacial score (nSPS) is 10.6. The highest BCUT2D eigenvalue weighted by atomic mass is 35.5. The third-order valence-corrected chi connectivity index (χ3v) is 1.66. The van der Waals surface area contributed by atoms with E-state index in [-0.39, 0.29) is 0 Å². The third kappa shape index (κ3) is 1.79. The van der Waals surface area contributed by atoms with E-state index in [0.717, 1.165) is 0 Å². The number of alkyl halides is 2. The molecule has 76 valence electrons. The molecule has 0 aromatic carbocycles. The van der Waals surface area contributed by atoms with Crippen LogP contribution < -0.4 is 0 Å². The molecular weight excluding hydrogens is 223 g/mol. The molecule has 0 amide bonds. The van der Waals surface area contributed by atoms with Gasteiger partial charge in [-0.2, -0.15) is 4.39 Å². The molecule has 1 heterocycles. The summed E-state index contributed by atoms with van der Waals surface area (Å²) < 4.78 is 37.3. The lowest BCUT2D eigenvalue weighted by molar-refractivity contribution is 0.105. The van der Waals surface area contributed by atoms with Crippen molar-refractivity contribution < 1.29 is 23.1 Å². The van der Waals surface area contributed by atoms with Gasteiger partial charge < -0.3 is 5.11 Å². The number of hydrogen-bond acceptors (Lipinski definition) is 3. The standard InChI is InChI=1S/C7H3ClF3NO2/c8-5(14)4-3(6(9)10)2(13)1-12-7(4)11/h1,6,13H. The maximum Gasteiger partial charge on any atom is 0.268 e. The van der Waals surface area contributed by atoms with Gasteiger partial charge in [0.2, 0.25) is 5.95 Å². The Bertz CT molecular complexity index is 383. The first kappa shape index (κ1) is 10.8. The van der Waals surface area contributed by atoms with Crippen LogP contribution in [0.15, 0.2) is 6.20 Å². The molecule has 0 unspecified atom stereocenters. The molecule has 7 heteroatoms. The number of halogens is 4. The zero-order valence-corrected chi connectivity index (χ0v) is 7.23. The summed E-state index contributed by atoms with van der Waals surface area (Å²) in [6.45, 7) is 0. The Morgan fingerprint density at radius 3 is 2.50 bits per heavy atom. The van der Waals surface area contributed by atoms with Crippen molar-refractivity contribution in [2.75, 3.05) is 0 Å². The Kier molecular flexibility index (Phi) is 2.95. The maximum absolute atomic E-state index is 12.8. The summed E-state index contributed by atoms with van der Waals surface area (Å²) >= 11 is 4.87. The lowest BCUT2D eigenvalue weighted by Crippen LogP contribution is -2.04. The van der Waals surface area contributed by atoms with E-state index in [1.807, 2.05) is 0 Å². The monoisotopic (exact) mass is 225 g/mol. The van der Waals surface area contributed by atoms with Gasteiger partial charge >= 0.3 is 0 Å². The first-order chi connectivity index (χ1) is 6.45. The molecule has 0 saturated carbocycles. The van der Waals surface area contributed by atoms with Crippen LogP contribution in [-0.4, -0.2) is 15.3 Å². The number of nitrogens with zero attached hydrogens (tertiary/aromatic N) is 1. The molecule has 3 nitrogen and oxygen atoms in total. The summed E-state index contributed by atoms with van der Waals surface area (Å²) in [5.74, 6) is -2.40. The Morgan fingerprint density at radius 2 is 2.14 bits per heavy atom. The van der Waals surface area contributed by atoms with Gasteiger partial charge in [0.25, 0.3) is 11.7 Å². The Morgan fingerprint density at radius 1 is 1.57 bits per heavy atom. The Balaban J connectivity index is 3.50. The lowest BCUT2D eigenvalue weighted by atomic mass is 10.1. The lowest BCUT2D eigenvalue weighted by Gasteiger charge is -2.06. The van der Waals surface area contributed by atoms with Crippen LogP contribution >= 0.6 is 11.6 Å². The highest BCUT2D eigenvalue weighted by molar-refractivity contribution is 6.68. The zero-order chi connectivity index (χ0) is 10.9. The molecule has 0 bridgehead atoms. The minimum absolute atomic E-state index is 0.486. The van der Waals surface area contributed by atoms with Crippen LogP contribution in [0.2, 0.25) is 0 Å². The second-order valence-corrected chi connectivity index (χ2v) is 2.64. The largest absolute Gasteiger partial charge is 0.506 e. The van der Waals surface area contributed by atoms with E-state index in [4.69, 9.17) is 16.7 Å². The fourth-order valence-electron chi connectivity index (χ4n) is 0.899. The van der Waals surface area contributed by atoms with Gasteiger partial charge in [0, 0.05) is 0 Å². The molecule has 1 aromatic heterocycles. The Labute approximate surface area is 81.1 Å². The fourth-order valence-corrected chi connectivity index (χ4v) is 1.08. The molecule has 0 radical (unpaired) electrons. The summed E-state index contributed by atoms with van der Waals surface area (Å²) in [5, 5.41) is 7.49. The van der Waals surface area contributed by atoms with Crippen LogP contribution in [-0.2, 0) is 0 Å². The van der Waals surface area contributed by atoms with E-state index in [0.29, 0.717) is 6.20 Å². The first-order valence-electron chi connectivity index (χ1n) is 3.30. The van der Waals surface area contributed by atoms with Crippen LogP contribution in [0.25, 0.3) is 0 Å². The predicted octanol–water partition coefficient (Wildman–Crippen LogP) is 2.24. The van der Waals surface area contributed by atoms with Gasteiger partial charge in [-0.3, -0.25) is 4.79 Å².